The molecule has 0 fully saturated rings. The molecule has 0 saturated carbocycles. The number of carbonyl (C=O) groups is 4. The Labute approximate surface area is 184 Å². The molecule has 0 bridgehead atoms. The Morgan fingerprint density at radius 1 is 0.781 bits per heavy atom. The second kappa shape index (κ2) is 10.7. The molecule has 0 aromatic heterocycles. The summed E-state index contributed by atoms with van der Waals surface area (Å²) in [7, 11) is 0. The van der Waals surface area contributed by atoms with Crippen molar-refractivity contribution in [3.05, 3.63) is 77.9 Å². The maximum Gasteiger partial charge on any atom is 0.338 e. The van der Waals surface area contributed by atoms with E-state index in [0.29, 0.717) is 16.9 Å². The topological polar surface area (TPSA) is 116 Å². The molecule has 0 amide bonds. The molecule has 2 rings (SSSR count). The van der Waals surface area contributed by atoms with Crippen LogP contribution in [0.3, 0.4) is 0 Å². The summed E-state index contributed by atoms with van der Waals surface area (Å²) in [5.74, 6) is -2.87. The smallest absolute Gasteiger partial charge is 0.338 e. The van der Waals surface area contributed by atoms with Crippen molar-refractivity contribution in [3.63, 3.8) is 0 Å². The molecule has 0 spiro atoms. The van der Waals surface area contributed by atoms with E-state index >= 15 is 0 Å². The average Bonchev–Trinajstić information content (AvgIpc) is 2.76. The number of esters is 3. The Hall–Kier alpha value is -4.20. The van der Waals surface area contributed by atoms with Crippen LogP contribution in [0.25, 0.3) is 11.1 Å². The van der Waals surface area contributed by atoms with Crippen molar-refractivity contribution >= 4 is 23.9 Å². The summed E-state index contributed by atoms with van der Waals surface area (Å²) in [4.78, 5) is 46.8. The SMILES string of the molecule is C=C(C)C(=O)OCCOC(=O)c1cc(C(=O)O)cc(-c2ccc(OC(=O)C(=C)C)cc2)c1. The molecule has 166 valence electrons. The fourth-order valence-electron chi connectivity index (χ4n) is 2.42. The van der Waals surface area contributed by atoms with Gasteiger partial charge in [0.25, 0.3) is 0 Å². The molecule has 0 unspecified atom stereocenters. The van der Waals surface area contributed by atoms with Gasteiger partial charge < -0.3 is 19.3 Å². The summed E-state index contributed by atoms with van der Waals surface area (Å²) < 4.78 is 15.0. The minimum absolute atomic E-state index is 0.0175. The Kier molecular flexibility index (Phi) is 8.06. The Balaban J connectivity index is 2.18. The van der Waals surface area contributed by atoms with Gasteiger partial charge >= 0.3 is 23.9 Å². The molecule has 0 heterocycles. The van der Waals surface area contributed by atoms with Gasteiger partial charge in [-0.15, -0.1) is 0 Å². The van der Waals surface area contributed by atoms with E-state index in [9.17, 15) is 24.3 Å². The van der Waals surface area contributed by atoms with Crippen LogP contribution in [-0.2, 0) is 19.1 Å². The first-order valence-corrected chi connectivity index (χ1v) is 9.44. The Morgan fingerprint density at radius 2 is 1.34 bits per heavy atom. The average molecular weight is 438 g/mol. The summed E-state index contributed by atoms with van der Waals surface area (Å²) in [6.07, 6.45) is 0. The quantitative estimate of drug-likeness (QED) is 0.272. The van der Waals surface area contributed by atoms with Gasteiger partial charge in [0.2, 0.25) is 0 Å². The molecule has 0 radical (unpaired) electrons. The van der Waals surface area contributed by atoms with Gasteiger partial charge in [0.15, 0.2) is 0 Å². The van der Waals surface area contributed by atoms with Crippen LogP contribution in [0.4, 0.5) is 0 Å². The van der Waals surface area contributed by atoms with Crippen molar-refractivity contribution in [3.8, 4) is 16.9 Å². The zero-order chi connectivity index (χ0) is 23.8. The second-order valence-corrected chi connectivity index (χ2v) is 6.85. The van der Waals surface area contributed by atoms with Crippen molar-refractivity contribution in [1.82, 2.24) is 0 Å². The lowest BCUT2D eigenvalue weighted by molar-refractivity contribution is -0.140. The predicted octanol–water partition coefficient (Wildman–Crippen LogP) is 3.81. The highest BCUT2D eigenvalue weighted by molar-refractivity contribution is 5.97. The van der Waals surface area contributed by atoms with E-state index in [1.54, 1.807) is 12.1 Å². The molecule has 8 nitrogen and oxygen atoms in total. The van der Waals surface area contributed by atoms with Crippen molar-refractivity contribution in [2.24, 2.45) is 0 Å². The van der Waals surface area contributed by atoms with E-state index in [2.05, 4.69) is 13.2 Å². The molecule has 2 aromatic carbocycles. The molecular weight excluding hydrogens is 416 g/mol. The molecule has 0 aliphatic heterocycles. The van der Waals surface area contributed by atoms with Gasteiger partial charge in [-0.3, -0.25) is 0 Å². The number of carboxylic acids is 1. The van der Waals surface area contributed by atoms with E-state index in [0.717, 1.165) is 0 Å². The summed E-state index contributed by atoms with van der Waals surface area (Å²) >= 11 is 0. The molecule has 32 heavy (non-hydrogen) atoms. The predicted molar refractivity (Wildman–Crippen MR) is 115 cm³/mol. The number of hydrogen-bond acceptors (Lipinski definition) is 7. The molecule has 0 saturated heterocycles. The van der Waals surface area contributed by atoms with Crippen molar-refractivity contribution in [2.45, 2.75) is 13.8 Å². The number of carbonyl (C=O) groups excluding carboxylic acids is 3. The van der Waals surface area contributed by atoms with Crippen LogP contribution < -0.4 is 4.74 Å². The van der Waals surface area contributed by atoms with Crippen molar-refractivity contribution in [1.29, 1.82) is 0 Å². The summed E-state index contributed by atoms with van der Waals surface area (Å²) in [6, 6.07) is 10.4. The van der Waals surface area contributed by atoms with Gasteiger partial charge in [0, 0.05) is 11.1 Å². The maximum atomic E-state index is 12.4. The molecule has 8 heteroatoms. The van der Waals surface area contributed by atoms with Crippen LogP contribution in [0.1, 0.15) is 34.6 Å². The Bertz CT molecular complexity index is 1080. The lowest BCUT2D eigenvalue weighted by Crippen LogP contribution is -2.14. The van der Waals surface area contributed by atoms with E-state index in [1.165, 1.54) is 44.2 Å². The number of ether oxygens (including phenoxy) is 3. The third kappa shape index (κ3) is 6.66. The van der Waals surface area contributed by atoms with E-state index in [1.807, 2.05) is 0 Å². The third-order valence-corrected chi connectivity index (χ3v) is 4.06. The first-order chi connectivity index (χ1) is 15.1. The van der Waals surface area contributed by atoms with Gasteiger partial charge in [-0.1, -0.05) is 25.3 Å². The van der Waals surface area contributed by atoms with Crippen LogP contribution in [-0.4, -0.2) is 42.2 Å². The summed E-state index contributed by atoms with van der Waals surface area (Å²) in [6.45, 7) is 9.61. The fourth-order valence-corrected chi connectivity index (χ4v) is 2.42. The van der Waals surface area contributed by atoms with E-state index in [-0.39, 0.29) is 35.5 Å². The van der Waals surface area contributed by atoms with Crippen molar-refractivity contribution in [2.75, 3.05) is 13.2 Å². The van der Waals surface area contributed by atoms with Crippen LogP contribution in [0.2, 0.25) is 0 Å². The van der Waals surface area contributed by atoms with Crippen LogP contribution in [0.5, 0.6) is 5.75 Å². The lowest BCUT2D eigenvalue weighted by atomic mass is 9.99. The van der Waals surface area contributed by atoms with Gasteiger partial charge in [0.05, 0.1) is 11.1 Å². The number of hydrogen-bond donors (Lipinski definition) is 1. The van der Waals surface area contributed by atoms with Crippen LogP contribution >= 0.6 is 0 Å². The van der Waals surface area contributed by atoms with Gasteiger partial charge in [-0.05, 0) is 55.3 Å². The minimum atomic E-state index is -1.22. The first-order valence-electron chi connectivity index (χ1n) is 9.44. The monoisotopic (exact) mass is 438 g/mol. The van der Waals surface area contributed by atoms with E-state index < -0.39 is 23.9 Å². The van der Waals surface area contributed by atoms with Gasteiger partial charge in [-0.25, -0.2) is 19.2 Å². The molecule has 1 N–H and O–H groups in total. The number of benzene rings is 2. The first kappa shape index (κ1) is 24.1. The van der Waals surface area contributed by atoms with Gasteiger partial charge in [-0.2, -0.15) is 0 Å². The molecule has 0 aliphatic rings. The normalized spacial score (nSPS) is 10.1. The third-order valence-electron chi connectivity index (χ3n) is 4.06. The highest BCUT2D eigenvalue weighted by Gasteiger charge is 2.15. The largest absolute Gasteiger partial charge is 0.478 e. The summed E-state index contributed by atoms with van der Waals surface area (Å²) in [5, 5.41) is 9.40. The van der Waals surface area contributed by atoms with E-state index in [4.69, 9.17) is 14.2 Å². The standard InChI is InChI=1S/C24H22O8/c1-14(2)22(27)30-9-10-31-24(29)19-12-17(11-18(13-19)21(25)26)16-5-7-20(8-6-16)32-23(28)15(3)4/h5-8,11-13H,1,3,9-10H2,2,4H3,(H,25,26). The minimum Gasteiger partial charge on any atom is -0.478 e. The zero-order valence-corrected chi connectivity index (χ0v) is 17.7. The van der Waals surface area contributed by atoms with Gasteiger partial charge in [0.1, 0.15) is 19.0 Å². The number of carboxylic acid groups (broad SMARTS) is 1. The zero-order valence-electron chi connectivity index (χ0n) is 17.7. The Morgan fingerprint density at radius 3 is 1.91 bits per heavy atom. The summed E-state index contributed by atoms with van der Waals surface area (Å²) in [5.41, 5.74) is 1.41. The second-order valence-electron chi connectivity index (χ2n) is 6.85. The molecule has 2 aromatic rings. The molecule has 0 atom stereocenters. The molecule has 0 aliphatic carbocycles. The lowest BCUT2D eigenvalue weighted by Gasteiger charge is -2.10. The number of aromatic carboxylic acids is 1. The van der Waals surface area contributed by atoms with Crippen LogP contribution in [0, 0.1) is 0 Å². The maximum absolute atomic E-state index is 12.4. The van der Waals surface area contributed by atoms with Crippen LogP contribution in [0.15, 0.2) is 66.8 Å². The molecular formula is C24H22O8. The van der Waals surface area contributed by atoms with Crippen molar-refractivity contribution < 1.29 is 38.5 Å². The highest BCUT2D eigenvalue weighted by atomic mass is 16.6. The fraction of sp³-hybridized carbons (Fsp3) is 0.167. The number of rotatable bonds is 9. The highest BCUT2D eigenvalue weighted by Crippen LogP contribution is 2.26.